The van der Waals surface area contributed by atoms with Crippen molar-refractivity contribution in [3.05, 3.63) is 36.7 Å². The van der Waals surface area contributed by atoms with Crippen molar-refractivity contribution in [3.63, 3.8) is 0 Å². The number of sulfonamides is 1. The maximum Gasteiger partial charge on any atom is 0.241 e. The molecule has 0 atom stereocenters. The summed E-state index contributed by atoms with van der Waals surface area (Å²) in [7, 11) is -1.35. The van der Waals surface area contributed by atoms with Crippen molar-refractivity contribution in [1.82, 2.24) is 14.6 Å². The van der Waals surface area contributed by atoms with Crippen LogP contribution in [0.4, 0.5) is 0 Å². The van der Waals surface area contributed by atoms with Crippen molar-refractivity contribution in [3.8, 4) is 0 Å². The second kappa shape index (κ2) is 8.25. The molecule has 25 heavy (non-hydrogen) atoms. The largest absolute Gasteiger partial charge is 0.303 e. The Morgan fingerprint density at radius 3 is 2.80 bits per heavy atom. The first-order valence-corrected chi connectivity index (χ1v) is 10.6. The van der Waals surface area contributed by atoms with E-state index < -0.39 is 10.0 Å². The van der Waals surface area contributed by atoms with Crippen molar-refractivity contribution in [2.45, 2.75) is 49.5 Å². The van der Waals surface area contributed by atoms with Gasteiger partial charge in [0.25, 0.3) is 0 Å². The number of pyridine rings is 1. The molecule has 0 spiro atoms. The Morgan fingerprint density at radius 1 is 1.20 bits per heavy atom. The van der Waals surface area contributed by atoms with Crippen LogP contribution in [0, 0.1) is 0 Å². The van der Waals surface area contributed by atoms with Crippen molar-refractivity contribution >= 4 is 20.8 Å². The fraction of sp³-hybridized carbons (Fsp3) is 0.526. The van der Waals surface area contributed by atoms with Crippen LogP contribution in [0.15, 0.2) is 41.6 Å². The van der Waals surface area contributed by atoms with Gasteiger partial charge in [-0.05, 0) is 45.0 Å². The lowest BCUT2D eigenvalue weighted by molar-refractivity contribution is 0.190. The van der Waals surface area contributed by atoms with E-state index in [1.54, 1.807) is 30.6 Å². The monoisotopic (exact) mass is 361 g/mol. The average molecular weight is 362 g/mol. The van der Waals surface area contributed by atoms with E-state index in [2.05, 4.69) is 21.7 Å². The van der Waals surface area contributed by atoms with Crippen molar-refractivity contribution in [2.75, 3.05) is 20.1 Å². The van der Waals surface area contributed by atoms with Crippen LogP contribution in [0.5, 0.6) is 0 Å². The van der Waals surface area contributed by atoms with Crippen LogP contribution in [0.2, 0.25) is 0 Å². The van der Waals surface area contributed by atoms with Crippen LogP contribution in [0.1, 0.15) is 38.5 Å². The van der Waals surface area contributed by atoms with E-state index in [0.717, 1.165) is 18.4 Å². The number of rotatable bonds is 7. The highest BCUT2D eigenvalue weighted by atomic mass is 32.2. The summed E-state index contributed by atoms with van der Waals surface area (Å²) in [6.07, 6.45) is 10.7. The Labute approximate surface area is 150 Å². The molecule has 0 aliphatic heterocycles. The van der Waals surface area contributed by atoms with Gasteiger partial charge in [0.05, 0.1) is 4.90 Å². The number of nitrogens with one attached hydrogen (secondary N) is 1. The molecule has 0 unspecified atom stereocenters. The van der Waals surface area contributed by atoms with E-state index in [1.807, 2.05) is 6.07 Å². The van der Waals surface area contributed by atoms with Gasteiger partial charge in [0, 0.05) is 35.8 Å². The van der Waals surface area contributed by atoms with E-state index >= 15 is 0 Å². The first-order chi connectivity index (χ1) is 12.1. The summed E-state index contributed by atoms with van der Waals surface area (Å²) in [6, 6.07) is 7.70. The molecule has 0 saturated heterocycles. The van der Waals surface area contributed by atoms with Crippen LogP contribution in [0.3, 0.4) is 0 Å². The van der Waals surface area contributed by atoms with Gasteiger partial charge in [0.1, 0.15) is 0 Å². The fourth-order valence-electron chi connectivity index (χ4n) is 3.64. The summed E-state index contributed by atoms with van der Waals surface area (Å²) in [5.74, 6) is 0. The maximum absolute atomic E-state index is 12.6. The molecule has 6 heteroatoms. The fourth-order valence-corrected chi connectivity index (χ4v) is 4.95. The first-order valence-electron chi connectivity index (χ1n) is 9.10. The van der Waals surface area contributed by atoms with Crippen LogP contribution in [-0.4, -0.2) is 44.5 Å². The number of nitrogens with zero attached hydrogens (tertiary/aromatic N) is 2. The lowest BCUT2D eigenvalue weighted by Crippen LogP contribution is -2.35. The number of hydrogen-bond acceptors (Lipinski definition) is 4. The molecule has 1 aromatic heterocycles. The first kappa shape index (κ1) is 18.3. The smallest absolute Gasteiger partial charge is 0.241 e. The Hall–Kier alpha value is -1.50. The molecule has 5 nitrogen and oxygen atoms in total. The van der Waals surface area contributed by atoms with Gasteiger partial charge in [-0.15, -0.1) is 0 Å². The quantitative estimate of drug-likeness (QED) is 0.770. The van der Waals surface area contributed by atoms with Crippen LogP contribution in [0.25, 0.3) is 10.8 Å². The Kier molecular flexibility index (Phi) is 6.04. The zero-order chi connectivity index (χ0) is 17.7. The Balaban J connectivity index is 1.56. The van der Waals surface area contributed by atoms with E-state index in [-0.39, 0.29) is 0 Å². The van der Waals surface area contributed by atoms with Crippen molar-refractivity contribution in [2.24, 2.45) is 0 Å². The van der Waals surface area contributed by atoms with Gasteiger partial charge < -0.3 is 4.90 Å². The molecule has 1 heterocycles. The summed E-state index contributed by atoms with van der Waals surface area (Å²) in [6.45, 7) is 1.38. The molecule has 1 N–H and O–H groups in total. The molecule has 1 fully saturated rings. The molecule has 1 aromatic carbocycles. The van der Waals surface area contributed by atoms with Crippen LogP contribution in [-0.2, 0) is 10.0 Å². The molecular formula is C19H27N3O2S. The molecule has 1 aliphatic rings. The molecule has 0 amide bonds. The zero-order valence-electron chi connectivity index (χ0n) is 14.8. The maximum atomic E-state index is 12.6. The molecule has 2 aromatic rings. The predicted molar refractivity (Wildman–Crippen MR) is 101 cm³/mol. The summed E-state index contributed by atoms with van der Waals surface area (Å²) in [5.41, 5.74) is 0. The second-order valence-electron chi connectivity index (χ2n) is 6.88. The number of hydrogen-bond donors (Lipinski definition) is 1. The summed E-state index contributed by atoms with van der Waals surface area (Å²) in [4.78, 5) is 6.77. The van der Waals surface area contributed by atoms with Gasteiger partial charge in [-0.2, -0.15) is 0 Å². The third kappa shape index (κ3) is 4.57. The van der Waals surface area contributed by atoms with Gasteiger partial charge in [-0.25, -0.2) is 13.1 Å². The Bertz CT molecular complexity index is 796. The van der Waals surface area contributed by atoms with E-state index in [0.29, 0.717) is 22.9 Å². The second-order valence-corrected chi connectivity index (χ2v) is 8.61. The molecule has 0 bridgehead atoms. The van der Waals surface area contributed by atoms with E-state index in [1.165, 1.54) is 32.1 Å². The topological polar surface area (TPSA) is 62.3 Å². The van der Waals surface area contributed by atoms with Crippen molar-refractivity contribution < 1.29 is 8.42 Å². The minimum absolute atomic E-state index is 0.327. The van der Waals surface area contributed by atoms with E-state index in [4.69, 9.17) is 0 Å². The number of aromatic nitrogens is 1. The molecule has 136 valence electrons. The molecule has 0 radical (unpaired) electrons. The van der Waals surface area contributed by atoms with Gasteiger partial charge in [-0.3, -0.25) is 4.98 Å². The third-order valence-corrected chi connectivity index (χ3v) is 6.63. The van der Waals surface area contributed by atoms with Gasteiger partial charge >= 0.3 is 0 Å². The van der Waals surface area contributed by atoms with E-state index in [9.17, 15) is 8.42 Å². The van der Waals surface area contributed by atoms with Crippen LogP contribution >= 0.6 is 0 Å². The van der Waals surface area contributed by atoms with Crippen LogP contribution < -0.4 is 4.72 Å². The Morgan fingerprint density at radius 2 is 2.00 bits per heavy atom. The highest BCUT2D eigenvalue weighted by Gasteiger charge is 2.19. The number of benzene rings is 1. The third-order valence-electron chi connectivity index (χ3n) is 5.11. The zero-order valence-corrected chi connectivity index (χ0v) is 15.6. The summed E-state index contributed by atoms with van der Waals surface area (Å²) >= 11 is 0. The minimum atomic E-state index is -3.51. The molecule has 1 saturated carbocycles. The molecule has 3 rings (SSSR count). The lowest BCUT2D eigenvalue weighted by atomic mass is 9.94. The summed E-state index contributed by atoms with van der Waals surface area (Å²) in [5, 5.41) is 1.55. The number of fused-ring (bicyclic) bond motifs is 1. The van der Waals surface area contributed by atoms with Crippen molar-refractivity contribution in [1.29, 1.82) is 0 Å². The highest BCUT2D eigenvalue weighted by Crippen LogP contribution is 2.23. The SMILES string of the molecule is CN(CCCNS(=O)(=O)c1cccc2cnccc12)C1CCCCC1. The molecular weight excluding hydrogens is 334 g/mol. The standard InChI is InChI=1S/C19H27N3O2S/c1-22(17-8-3-2-4-9-17)14-6-12-21-25(23,24)19-10-5-7-16-15-20-13-11-18(16)19/h5,7,10-11,13,15,17,21H,2-4,6,8-9,12,14H2,1H3. The predicted octanol–water partition coefficient (Wildman–Crippen LogP) is 3.17. The van der Waals surface area contributed by atoms with Gasteiger partial charge in [0.2, 0.25) is 10.0 Å². The minimum Gasteiger partial charge on any atom is -0.303 e. The molecule has 1 aliphatic carbocycles. The average Bonchev–Trinajstić information content (AvgIpc) is 2.65. The summed E-state index contributed by atoms with van der Waals surface area (Å²) < 4.78 is 28.0. The normalized spacial score (nSPS) is 16.6. The van der Waals surface area contributed by atoms with Gasteiger partial charge in [-0.1, -0.05) is 31.4 Å². The lowest BCUT2D eigenvalue weighted by Gasteiger charge is -2.31. The highest BCUT2D eigenvalue weighted by molar-refractivity contribution is 7.89. The van der Waals surface area contributed by atoms with Gasteiger partial charge in [0.15, 0.2) is 0 Å².